The Morgan fingerprint density at radius 1 is 1.22 bits per heavy atom. The highest BCUT2D eigenvalue weighted by atomic mass is 16.2. The van der Waals surface area contributed by atoms with Gasteiger partial charge in [-0.2, -0.15) is 0 Å². The van der Waals surface area contributed by atoms with E-state index < -0.39 is 0 Å². The fourth-order valence-electron chi connectivity index (χ4n) is 3.83. The molecule has 1 saturated heterocycles. The van der Waals surface area contributed by atoms with E-state index in [1.165, 1.54) is 12.8 Å². The van der Waals surface area contributed by atoms with Gasteiger partial charge in [0, 0.05) is 24.7 Å². The minimum atomic E-state index is -0.219. The highest BCUT2D eigenvalue weighted by molar-refractivity contribution is 5.97. The molecule has 0 unspecified atom stereocenters. The van der Waals surface area contributed by atoms with Crippen molar-refractivity contribution >= 4 is 17.5 Å². The molecule has 0 radical (unpaired) electrons. The minimum Gasteiger partial charge on any atom is -0.339 e. The molecule has 1 saturated carbocycles. The first-order valence-corrected chi connectivity index (χ1v) is 8.75. The summed E-state index contributed by atoms with van der Waals surface area (Å²) >= 11 is 0. The maximum Gasteiger partial charge on any atom is 0.229 e. The minimum absolute atomic E-state index is 0.0213. The van der Waals surface area contributed by atoms with E-state index in [4.69, 9.17) is 0 Å². The van der Waals surface area contributed by atoms with Gasteiger partial charge >= 0.3 is 0 Å². The summed E-state index contributed by atoms with van der Waals surface area (Å²) in [6.45, 7) is 4.82. The molecule has 1 aromatic rings. The number of benzene rings is 1. The lowest BCUT2D eigenvalue weighted by Crippen LogP contribution is -2.35. The molecule has 0 aromatic heterocycles. The highest BCUT2D eigenvalue weighted by Crippen LogP contribution is 2.30. The summed E-state index contributed by atoms with van der Waals surface area (Å²) in [5.74, 6) is 0.260. The summed E-state index contributed by atoms with van der Waals surface area (Å²) in [4.78, 5) is 26.8. The van der Waals surface area contributed by atoms with Crippen molar-refractivity contribution < 1.29 is 9.59 Å². The molecule has 0 bridgehead atoms. The van der Waals surface area contributed by atoms with Crippen molar-refractivity contribution in [3.05, 3.63) is 29.8 Å². The third-order valence-electron chi connectivity index (χ3n) is 5.14. The van der Waals surface area contributed by atoms with Crippen LogP contribution in [-0.2, 0) is 9.59 Å². The topological polar surface area (TPSA) is 49.4 Å². The number of nitrogens with one attached hydrogen (secondary N) is 1. The lowest BCUT2D eigenvalue weighted by atomic mass is 10.0. The second kappa shape index (κ2) is 6.73. The van der Waals surface area contributed by atoms with Crippen molar-refractivity contribution in [3.8, 4) is 0 Å². The largest absolute Gasteiger partial charge is 0.339 e. The van der Waals surface area contributed by atoms with E-state index in [9.17, 15) is 9.59 Å². The lowest BCUT2D eigenvalue weighted by Gasteiger charge is -2.24. The van der Waals surface area contributed by atoms with Crippen LogP contribution in [0.5, 0.6) is 0 Å². The molecule has 2 amide bonds. The van der Waals surface area contributed by atoms with Crippen molar-refractivity contribution in [1.29, 1.82) is 0 Å². The number of anilines is 1. The number of rotatable bonds is 4. The smallest absolute Gasteiger partial charge is 0.229 e. The molecule has 2 fully saturated rings. The van der Waals surface area contributed by atoms with Gasteiger partial charge < -0.3 is 10.2 Å². The average Bonchev–Trinajstić information content (AvgIpc) is 3.16. The molecule has 1 N–H and O–H groups in total. The molecule has 1 aromatic carbocycles. The van der Waals surface area contributed by atoms with Crippen LogP contribution in [0.3, 0.4) is 0 Å². The van der Waals surface area contributed by atoms with Crippen LogP contribution < -0.4 is 5.32 Å². The number of likely N-dealkylation sites (tertiary alicyclic amines) is 1. The van der Waals surface area contributed by atoms with E-state index in [-0.39, 0.29) is 17.7 Å². The molecule has 23 heavy (non-hydrogen) atoms. The molecule has 2 aliphatic rings. The Labute approximate surface area is 138 Å². The first-order chi connectivity index (χ1) is 11.1. The molecule has 1 aliphatic carbocycles. The quantitative estimate of drug-likeness (QED) is 0.924. The molecule has 3 rings (SSSR count). The number of hydrogen-bond acceptors (Lipinski definition) is 2. The Balaban J connectivity index is 1.66. The van der Waals surface area contributed by atoms with Gasteiger partial charge in [0.25, 0.3) is 0 Å². The van der Waals surface area contributed by atoms with Crippen LogP contribution in [0.25, 0.3) is 0 Å². The molecule has 0 spiro atoms. The van der Waals surface area contributed by atoms with Crippen molar-refractivity contribution in [2.75, 3.05) is 11.9 Å². The third-order valence-corrected chi connectivity index (χ3v) is 5.14. The number of nitrogens with zero attached hydrogens (tertiary/aromatic N) is 1. The molecule has 4 heteroatoms. The van der Waals surface area contributed by atoms with Crippen LogP contribution in [0.15, 0.2) is 24.3 Å². The number of carbonyl (C=O) groups excluding carboxylic acids is 2. The Morgan fingerprint density at radius 2 is 1.91 bits per heavy atom. The second-order valence-electron chi connectivity index (χ2n) is 7.12. The maximum atomic E-state index is 12.6. The van der Waals surface area contributed by atoms with Gasteiger partial charge in [0.1, 0.15) is 0 Å². The molecule has 1 heterocycles. The zero-order valence-corrected chi connectivity index (χ0v) is 14.0. The van der Waals surface area contributed by atoms with Gasteiger partial charge in [-0.3, -0.25) is 9.59 Å². The number of carbonyl (C=O) groups is 2. The standard InChI is InChI=1S/C19H26N2O2/c1-13(2)16-9-5-6-10-17(16)20-19(23)14-11-18(22)21(12-14)15-7-3-4-8-15/h5-6,9-10,13-15H,3-4,7-8,11-12H2,1-2H3,(H,20,23)/t14-/m1/s1. The van der Waals surface area contributed by atoms with Gasteiger partial charge in [0.15, 0.2) is 0 Å². The first-order valence-electron chi connectivity index (χ1n) is 8.75. The van der Waals surface area contributed by atoms with Crippen molar-refractivity contribution in [1.82, 2.24) is 4.90 Å². The third kappa shape index (κ3) is 3.41. The maximum absolute atomic E-state index is 12.6. The summed E-state index contributed by atoms with van der Waals surface area (Å²) in [5.41, 5.74) is 2.01. The zero-order valence-electron chi connectivity index (χ0n) is 14.0. The summed E-state index contributed by atoms with van der Waals surface area (Å²) in [5, 5.41) is 3.05. The van der Waals surface area contributed by atoms with Gasteiger partial charge in [0.2, 0.25) is 11.8 Å². The van der Waals surface area contributed by atoms with Gasteiger partial charge in [-0.15, -0.1) is 0 Å². The summed E-state index contributed by atoms with van der Waals surface area (Å²) in [6.07, 6.45) is 4.94. The SMILES string of the molecule is CC(C)c1ccccc1NC(=O)[C@@H]1CC(=O)N(C2CCCC2)C1. The van der Waals surface area contributed by atoms with Gasteiger partial charge in [-0.05, 0) is 30.4 Å². The fourth-order valence-corrected chi connectivity index (χ4v) is 3.83. The van der Waals surface area contributed by atoms with E-state index in [0.29, 0.717) is 24.9 Å². The van der Waals surface area contributed by atoms with E-state index in [0.717, 1.165) is 24.1 Å². The molecule has 124 valence electrons. The molecular formula is C19H26N2O2. The summed E-state index contributed by atoms with van der Waals surface area (Å²) < 4.78 is 0. The Kier molecular flexibility index (Phi) is 4.69. The van der Waals surface area contributed by atoms with Crippen molar-refractivity contribution in [2.45, 2.75) is 57.9 Å². The molecule has 1 aliphatic heterocycles. The fraction of sp³-hybridized carbons (Fsp3) is 0.579. The summed E-state index contributed by atoms with van der Waals surface area (Å²) in [7, 11) is 0. The number of para-hydroxylation sites is 1. The normalized spacial score (nSPS) is 22.1. The monoisotopic (exact) mass is 314 g/mol. The molecular weight excluding hydrogens is 288 g/mol. The lowest BCUT2D eigenvalue weighted by molar-refractivity contribution is -0.129. The van der Waals surface area contributed by atoms with Crippen molar-refractivity contribution in [3.63, 3.8) is 0 Å². The Bertz CT molecular complexity index is 591. The van der Waals surface area contributed by atoms with E-state index >= 15 is 0 Å². The van der Waals surface area contributed by atoms with Gasteiger partial charge in [-0.25, -0.2) is 0 Å². The van der Waals surface area contributed by atoms with Crippen molar-refractivity contribution in [2.24, 2.45) is 5.92 Å². The van der Waals surface area contributed by atoms with Crippen LogP contribution in [0.1, 0.15) is 57.4 Å². The van der Waals surface area contributed by atoms with Crippen LogP contribution in [0.4, 0.5) is 5.69 Å². The number of amides is 2. The Morgan fingerprint density at radius 3 is 2.61 bits per heavy atom. The van der Waals surface area contributed by atoms with E-state index in [1.807, 2.05) is 29.2 Å². The van der Waals surface area contributed by atoms with Gasteiger partial charge in [-0.1, -0.05) is 44.9 Å². The van der Waals surface area contributed by atoms with E-state index in [2.05, 4.69) is 19.2 Å². The predicted molar refractivity (Wildman–Crippen MR) is 91.2 cm³/mol. The molecule has 4 nitrogen and oxygen atoms in total. The molecule has 1 atom stereocenters. The average molecular weight is 314 g/mol. The zero-order chi connectivity index (χ0) is 16.4. The van der Waals surface area contributed by atoms with Gasteiger partial charge in [0.05, 0.1) is 5.92 Å². The first kappa shape index (κ1) is 16.0. The van der Waals surface area contributed by atoms with E-state index in [1.54, 1.807) is 0 Å². The predicted octanol–water partition coefficient (Wildman–Crippen LogP) is 3.54. The van der Waals surface area contributed by atoms with Crippen LogP contribution in [0.2, 0.25) is 0 Å². The number of hydrogen-bond donors (Lipinski definition) is 1. The second-order valence-corrected chi connectivity index (χ2v) is 7.12. The highest BCUT2D eigenvalue weighted by Gasteiger charge is 2.38. The van der Waals surface area contributed by atoms with Crippen LogP contribution in [-0.4, -0.2) is 29.3 Å². The van der Waals surface area contributed by atoms with Crippen LogP contribution in [0, 0.1) is 5.92 Å². The summed E-state index contributed by atoms with van der Waals surface area (Å²) in [6, 6.07) is 8.28. The Hall–Kier alpha value is -1.84. The van der Waals surface area contributed by atoms with Crippen LogP contribution >= 0.6 is 0 Å².